The number of hydrogen-bond acceptors (Lipinski definition) is 3. The largest absolute Gasteiger partial charge is 0.497 e. The second kappa shape index (κ2) is 4.18. The molecule has 0 atom stereocenters. The van der Waals surface area contributed by atoms with Gasteiger partial charge in [-0.05, 0) is 51.6 Å². The molecule has 3 aromatic heterocycles. The van der Waals surface area contributed by atoms with Crippen molar-refractivity contribution in [1.82, 2.24) is 14.4 Å². The molecule has 0 unspecified atom stereocenters. The minimum absolute atomic E-state index is 0.821. The molecule has 1 aromatic carbocycles. The first-order valence-corrected chi connectivity index (χ1v) is 6.96. The second-order valence-electron chi connectivity index (χ2n) is 4.53. The van der Waals surface area contributed by atoms with Crippen LogP contribution in [0.3, 0.4) is 0 Å². The SMILES string of the molecule is COc1ccc2c3cccnc3n3c(Br)cnc3c2c1. The molecule has 0 aliphatic rings. The van der Waals surface area contributed by atoms with Crippen LogP contribution in [-0.4, -0.2) is 21.5 Å². The maximum absolute atomic E-state index is 5.33. The Morgan fingerprint density at radius 3 is 2.75 bits per heavy atom. The van der Waals surface area contributed by atoms with Crippen molar-refractivity contribution in [3.8, 4) is 5.75 Å². The van der Waals surface area contributed by atoms with Crippen molar-refractivity contribution in [2.45, 2.75) is 0 Å². The molecule has 3 heterocycles. The van der Waals surface area contributed by atoms with Crippen molar-refractivity contribution in [1.29, 1.82) is 0 Å². The lowest BCUT2D eigenvalue weighted by atomic mass is 10.1. The lowest BCUT2D eigenvalue weighted by Crippen LogP contribution is -1.94. The molecular weight excluding hydrogens is 318 g/mol. The van der Waals surface area contributed by atoms with Crippen LogP contribution in [0.5, 0.6) is 5.75 Å². The first kappa shape index (κ1) is 11.7. The standard InChI is InChI=1S/C15H10BrN3O/c1-20-9-4-5-10-11-3-2-6-17-14(11)19-13(16)8-18-15(19)12(10)7-9/h2-8H,1H3. The predicted octanol–water partition coefficient (Wildman–Crippen LogP) is 3.81. The maximum Gasteiger partial charge on any atom is 0.147 e. The fraction of sp³-hybridized carbons (Fsp3) is 0.0667. The molecule has 0 amide bonds. The summed E-state index contributed by atoms with van der Waals surface area (Å²) < 4.78 is 8.23. The van der Waals surface area contributed by atoms with Crippen LogP contribution in [0.4, 0.5) is 0 Å². The number of benzene rings is 1. The Labute approximate surface area is 123 Å². The Hall–Kier alpha value is -2.14. The van der Waals surface area contributed by atoms with Crippen LogP contribution in [0.2, 0.25) is 0 Å². The Balaban J connectivity index is 2.36. The van der Waals surface area contributed by atoms with Crippen molar-refractivity contribution in [3.05, 3.63) is 47.3 Å². The van der Waals surface area contributed by atoms with Gasteiger partial charge in [0.15, 0.2) is 0 Å². The number of imidazole rings is 1. The number of fused-ring (bicyclic) bond motifs is 6. The van der Waals surface area contributed by atoms with Crippen LogP contribution in [0.1, 0.15) is 0 Å². The van der Waals surface area contributed by atoms with Gasteiger partial charge in [0.05, 0.1) is 13.3 Å². The molecule has 0 N–H and O–H groups in total. The van der Waals surface area contributed by atoms with Gasteiger partial charge in [0.1, 0.15) is 21.6 Å². The summed E-state index contributed by atoms with van der Waals surface area (Å²) in [4.78, 5) is 8.99. The average Bonchev–Trinajstić information content (AvgIpc) is 2.89. The summed E-state index contributed by atoms with van der Waals surface area (Å²) in [5.41, 5.74) is 1.77. The smallest absolute Gasteiger partial charge is 0.147 e. The molecule has 4 rings (SSSR count). The average molecular weight is 328 g/mol. The molecule has 0 radical (unpaired) electrons. The molecule has 0 bridgehead atoms. The fourth-order valence-electron chi connectivity index (χ4n) is 2.58. The Morgan fingerprint density at radius 2 is 1.90 bits per heavy atom. The summed E-state index contributed by atoms with van der Waals surface area (Å²) in [6.45, 7) is 0. The van der Waals surface area contributed by atoms with Gasteiger partial charge in [-0.1, -0.05) is 0 Å². The number of aromatic nitrogens is 3. The third kappa shape index (κ3) is 1.47. The van der Waals surface area contributed by atoms with Crippen molar-refractivity contribution >= 4 is 43.4 Å². The van der Waals surface area contributed by atoms with Gasteiger partial charge < -0.3 is 4.74 Å². The number of pyridine rings is 2. The second-order valence-corrected chi connectivity index (χ2v) is 5.34. The van der Waals surface area contributed by atoms with Crippen molar-refractivity contribution in [2.24, 2.45) is 0 Å². The quantitative estimate of drug-likeness (QED) is 0.499. The van der Waals surface area contributed by atoms with E-state index in [9.17, 15) is 0 Å². The van der Waals surface area contributed by atoms with Crippen LogP contribution in [0.25, 0.3) is 27.5 Å². The number of nitrogens with zero attached hydrogens (tertiary/aromatic N) is 3. The van der Waals surface area contributed by atoms with Gasteiger partial charge in [0.2, 0.25) is 0 Å². The van der Waals surface area contributed by atoms with E-state index in [0.717, 1.165) is 37.8 Å². The van der Waals surface area contributed by atoms with Crippen LogP contribution >= 0.6 is 15.9 Å². The minimum Gasteiger partial charge on any atom is -0.497 e. The molecule has 0 fully saturated rings. The highest BCUT2D eigenvalue weighted by Crippen LogP contribution is 2.32. The zero-order valence-electron chi connectivity index (χ0n) is 10.7. The molecular formula is C15H10BrN3O. The predicted molar refractivity (Wildman–Crippen MR) is 82.3 cm³/mol. The molecule has 0 spiro atoms. The highest BCUT2D eigenvalue weighted by molar-refractivity contribution is 9.10. The third-order valence-electron chi connectivity index (χ3n) is 3.48. The molecule has 5 heteroatoms. The molecule has 98 valence electrons. The van der Waals surface area contributed by atoms with Gasteiger partial charge >= 0.3 is 0 Å². The van der Waals surface area contributed by atoms with E-state index in [1.54, 1.807) is 19.5 Å². The van der Waals surface area contributed by atoms with E-state index in [2.05, 4.69) is 38.0 Å². The zero-order chi connectivity index (χ0) is 13.7. The normalized spacial score (nSPS) is 11.5. The lowest BCUT2D eigenvalue weighted by Gasteiger charge is -2.09. The van der Waals surface area contributed by atoms with Crippen LogP contribution in [0, 0.1) is 0 Å². The minimum atomic E-state index is 0.821. The molecule has 4 aromatic rings. The van der Waals surface area contributed by atoms with Crippen LogP contribution < -0.4 is 4.74 Å². The molecule has 0 aliphatic carbocycles. The monoisotopic (exact) mass is 327 g/mol. The summed E-state index contributed by atoms with van der Waals surface area (Å²) in [5, 5.41) is 3.27. The first-order chi connectivity index (χ1) is 9.79. The Morgan fingerprint density at radius 1 is 1.05 bits per heavy atom. The van der Waals surface area contributed by atoms with E-state index in [-0.39, 0.29) is 0 Å². The zero-order valence-corrected chi connectivity index (χ0v) is 12.3. The first-order valence-electron chi connectivity index (χ1n) is 6.17. The number of methoxy groups -OCH3 is 1. The van der Waals surface area contributed by atoms with Gasteiger partial charge in [0.25, 0.3) is 0 Å². The number of ether oxygens (including phenoxy) is 1. The van der Waals surface area contributed by atoms with Gasteiger partial charge in [-0.3, -0.25) is 4.40 Å². The molecule has 0 aliphatic heterocycles. The third-order valence-corrected chi connectivity index (χ3v) is 4.03. The fourth-order valence-corrected chi connectivity index (χ4v) is 3.02. The van der Waals surface area contributed by atoms with Gasteiger partial charge in [-0.2, -0.15) is 0 Å². The Bertz CT molecular complexity index is 961. The van der Waals surface area contributed by atoms with E-state index in [1.807, 2.05) is 22.6 Å². The van der Waals surface area contributed by atoms with E-state index in [4.69, 9.17) is 4.74 Å². The summed E-state index contributed by atoms with van der Waals surface area (Å²) >= 11 is 3.54. The van der Waals surface area contributed by atoms with Crippen molar-refractivity contribution < 1.29 is 4.74 Å². The van der Waals surface area contributed by atoms with Crippen LogP contribution in [0.15, 0.2) is 47.3 Å². The topological polar surface area (TPSA) is 39.4 Å². The van der Waals surface area contributed by atoms with E-state index < -0.39 is 0 Å². The summed E-state index contributed by atoms with van der Waals surface area (Å²) in [7, 11) is 1.67. The van der Waals surface area contributed by atoms with Crippen molar-refractivity contribution in [2.75, 3.05) is 7.11 Å². The van der Waals surface area contributed by atoms with E-state index >= 15 is 0 Å². The van der Waals surface area contributed by atoms with Crippen molar-refractivity contribution in [3.63, 3.8) is 0 Å². The molecule has 0 saturated heterocycles. The highest BCUT2D eigenvalue weighted by atomic mass is 79.9. The molecule has 4 nitrogen and oxygen atoms in total. The molecule has 0 saturated carbocycles. The van der Waals surface area contributed by atoms with Gasteiger partial charge in [-0.15, -0.1) is 0 Å². The lowest BCUT2D eigenvalue weighted by molar-refractivity contribution is 0.415. The van der Waals surface area contributed by atoms with Gasteiger partial charge in [0, 0.05) is 17.0 Å². The number of hydrogen-bond donors (Lipinski definition) is 0. The van der Waals surface area contributed by atoms with E-state index in [0.29, 0.717) is 0 Å². The Kier molecular flexibility index (Phi) is 2.44. The highest BCUT2D eigenvalue weighted by Gasteiger charge is 2.13. The molecule has 20 heavy (non-hydrogen) atoms. The summed E-state index contributed by atoms with van der Waals surface area (Å²) in [6, 6.07) is 10.0. The van der Waals surface area contributed by atoms with Crippen LogP contribution in [-0.2, 0) is 0 Å². The van der Waals surface area contributed by atoms with E-state index in [1.165, 1.54) is 0 Å². The number of rotatable bonds is 1. The maximum atomic E-state index is 5.33. The van der Waals surface area contributed by atoms with Gasteiger partial charge in [-0.25, -0.2) is 9.97 Å². The number of halogens is 1. The summed E-state index contributed by atoms with van der Waals surface area (Å²) in [5.74, 6) is 0.821. The summed E-state index contributed by atoms with van der Waals surface area (Å²) in [6.07, 6.45) is 3.59.